The molecule has 0 bridgehead atoms. The summed E-state index contributed by atoms with van der Waals surface area (Å²) in [5.41, 5.74) is 0. The fourth-order valence-corrected chi connectivity index (χ4v) is 2.86. The molecule has 296 valence electrons. The quantitative estimate of drug-likeness (QED) is 0.0812. The second-order valence-electron chi connectivity index (χ2n) is 9.04. The standard InChI is InChI=1S/4C6H9NO6.3Ti/c4*8-4(9)1-7(2-5(10)11)3-6(12)13;;;/h4*1-3H2,(H,8,9)(H,10,11)(H,12,13);;;/q;;;;3*+4/p-12. The third kappa shape index (κ3) is 59.1. The largest absolute Gasteiger partial charge is 4.00 e. The molecule has 0 saturated heterocycles. The van der Waals surface area contributed by atoms with Crippen molar-refractivity contribution in [2.24, 2.45) is 0 Å². The van der Waals surface area contributed by atoms with Crippen LogP contribution in [0.15, 0.2) is 0 Å². The van der Waals surface area contributed by atoms with E-state index in [4.69, 9.17) is 0 Å². The van der Waals surface area contributed by atoms with Crippen molar-refractivity contribution in [1.29, 1.82) is 0 Å². The summed E-state index contributed by atoms with van der Waals surface area (Å²) in [7, 11) is 0. The molecule has 0 aromatic heterocycles. The first-order valence-corrected chi connectivity index (χ1v) is 12.9. The van der Waals surface area contributed by atoms with Crippen LogP contribution in [0, 0.1) is 0 Å². The fraction of sp³-hybridized carbons (Fsp3) is 0.500. The van der Waals surface area contributed by atoms with Gasteiger partial charge in [0.15, 0.2) is 0 Å². The second-order valence-corrected chi connectivity index (χ2v) is 9.04. The molecule has 0 spiro atoms. The Kier molecular flexibility index (Phi) is 45.2. The molecule has 0 amide bonds. The van der Waals surface area contributed by atoms with E-state index in [1.54, 1.807) is 0 Å². The van der Waals surface area contributed by atoms with Gasteiger partial charge in [-0.2, -0.15) is 0 Å². The number of aliphatic carboxylic acids is 12. The number of carboxylic acids is 12. The van der Waals surface area contributed by atoms with Gasteiger partial charge in [0.1, 0.15) is 0 Å². The van der Waals surface area contributed by atoms with Gasteiger partial charge in [-0.1, -0.05) is 0 Å². The smallest absolute Gasteiger partial charge is 0.549 e. The van der Waals surface area contributed by atoms with Gasteiger partial charge in [-0.05, 0) is 0 Å². The molecule has 0 aliphatic rings. The third-order valence-electron chi connectivity index (χ3n) is 4.23. The van der Waals surface area contributed by atoms with Gasteiger partial charge in [-0.15, -0.1) is 0 Å². The Bertz CT molecular complexity index is 957. The molecule has 0 atom stereocenters. The molecule has 0 rings (SSSR count). The zero-order chi connectivity index (χ0) is 41.7. The zero-order valence-electron chi connectivity index (χ0n) is 27.6. The van der Waals surface area contributed by atoms with Crippen molar-refractivity contribution >= 4 is 71.6 Å². The second kappa shape index (κ2) is 37.9. The fourth-order valence-electron chi connectivity index (χ4n) is 2.86. The Balaban J connectivity index is -0.000000110. The average molecular weight is 896 g/mol. The summed E-state index contributed by atoms with van der Waals surface area (Å²) in [6, 6.07) is 0. The predicted octanol–water partition coefficient (Wildman–Crippen LogP) is -21.9. The van der Waals surface area contributed by atoms with Crippen molar-refractivity contribution in [3.05, 3.63) is 0 Å². The molecule has 0 N–H and O–H groups in total. The Morgan fingerprint density at radius 3 is 0.291 bits per heavy atom. The molecule has 0 aliphatic carbocycles. The van der Waals surface area contributed by atoms with Crippen molar-refractivity contribution in [3.63, 3.8) is 0 Å². The molecule has 0 saturated carbocycles. The minimum atomic E-state index is -1.57. The van der Waals surface area contributed by atoms with E-state index >= 15 is 0 Å². The molecule has 55 heavy (non-hydrogen) atoms. The molecule has 28 nitrogen and oxygen atoms in total. The Hall–Kier alpha value is -4.38. The van der Waals surface area contributed by atoms with E-state index in [0.29, 0.717) is 19.6 Å². The minimum Gasteiger partial charge on any atom is -0.549 e. The molecular weight excluding hydrogens is 872 g/mol. The van der Waals surface area contributed by atoms with Crippen molar-refractivity contribution in [2.45, 2.75) is 0 Å². The molecule has 31 heteroatoms. The van der Waals surface area contributed by atoms with Crippen molar-refractivity contribution in [2.75, 3.05) is 78.5 Å². The first-order valence-electron chi connectivity index (χ1n) is 12.9. The van der Waals surface area contributed by atoms with Crippen LogP contribution < -0.4 is 61.3 Å². The number of carbonyl (C=O) groups is 12. The maximum absolute atomic E-state index is 9.99. The molecule has 0 heterocycles. The summed E-state index contributed by atoms with van der Waals surface area (Å²) in [4.78, 5) is 122. The van der Waals surface area contributed by atoms with Crippen LogP contribution in [-0.2, 0) is 123 Å². The van der Waals surface area contributed by atoms with Crippen LogP contribution in [0.5, 0.6) is 0 Å². The monoisotopic (exact) mass is 896 g/mol. The van der Waals surface area contributed by atoms with Gasteiger partial charge in [-0.3, -0.25) is 19.6 Å². The number of carbonyl (C=O) groups excluding carboxylic acids is 12. The van der Waals surface area contributed by atoms with Crippen LogP contribution >= 0.6 is 0 Å². The first kappa shape index (κ1) is 65.5. The van der Waals surface area contributed by atoms with Gasteiger partial charge >= 0.3 is 65.2 Å². The van der Waals surface area contributed by atoms with E-state index in [2.05, 4.69) is 0 Å². The average Bonchev–Trinajstić information content (AvgIpc) is 2.85. The van der Waals surface area contributed by atoms with Crippen LogP contribution in [-0.4, -0.2) is 170 Å². The number of hydrogen-bond acceptors (Lipinski definition) is 28. The maximum Gasteiger partial charge on any atom is 4.00 e. The van der Waals surface area contributed by atoms with Gasteiger partial charge in [0.05, 0.1) is 71.6 Å². The van der Waals surface area contributed by atoms with Gasteiger partial charge in [0.2, 0.25) is 0 Å². The summed E-state index contributed by atoms with van der Waals surface area (Å²) < 4.78 is 0. The summed E-state index contributed by atoms with van der Waals surface area (Å²) in [5.74, 6) is -18.8. The SMILES string of the molecule is O=C([O-])CN(CC(=O)[O-])CC(=O)[O-].O=C([O-])CN(CC(=O)[O-])CC(=O)[O-].O=C([O-])CN(CC(=O)[O-])CC(=O)[O-].O=C([O-])CN(CC(=O)[O-])CC(=O)[O-].[Ti+4].[Ti+4].[Ti+4]. The van der Waals surface area contributed by atoms with Crippen LogP contribution in [0.2, 0.25) is 0 Å². The topological polar surface area (TPSA) is 495 Å². The Labute approximate surface area is 352 Å². The van der Waals surface area contributed by atoms with Crippen LogP contribution in [0.3, 0.4) is 0 Å². The third-order valence-corrected chi connectivity index (χ3v) is 4.23. The summed E-state index contributed by atoms with van der Waals surface area (Å²) in [5, 5.41) is 120. The van der Waals surface area contributed by atoms with Gasteiger partial charge < -0.3 is 119 Å². The number of hydrogen-bond donors (Lipinski definition) is 0. The molecule has 0 aromatic rings. The molecule has 0 fully saturated rings. The normalized spacial score (nSPS) is 9.38. The molecule has 0 aliphatic heterocycles. The number of carboxylic acid groups (broad SMARTS) is 12. The summed E-state index contributed by atoms with van der Waals surface area (Å²) in [6.45, 7) is -9.48. The van der Waals surface area contributed by atoms with Crippen molar-refractivity contribution < 1.29 is 184 Å². The van der Waals surface area contributed by atoms with E-state index in [-0.39, 0.29) is 65.2 Å². The Morgan fingerprint density at radius 1 is 0.200 bits per heavy atom. The van der Waals surface area contributed by atoms with E-state index in [1.807, 2.05) is 0 Å². The summed E-state index contributed by atoms with van der Waals surface area (Å²) >= 11 is 0. The van der Waals surface area contributed by atoms with E-state index < -0.39 is 150 Å². The van der Waals surface area contributed by atoms with Gasteiger partial charge in [0.25, 0.3) is 0 Å². The van der Waals surface area contributed by atoms with E-state index in [0.717, 1.165) is 0 Å². The first-order chi connectivity index (χ1) is 23.7. The van der Waals surface area contributed by atoms with Gasteiger partial charge in [-0.25, -0.2) is 0 Å². The number of rotatable bonds is 24. The minimum absolute atomic E-state index is 0. The van der Waals surface area contributed by atoms with Crippen LogP contribution in [0.25, 0.3) is 0 Å². The van der Waals surface area contributed by atoms with Crippen LogP contribution in [0.1, 0.15) is 0 Å². The van der Waals surface area contributed by atoms with E-state index in [1.165, 1.54) is 0 Å². The molecule has 0 radical (unpaired) electrons. The molecule has 0 aromatic carbocycles. The van der Waals surface area contributed by atoms with E-state index in [9.17, 15) is 119 Å². The number of nitrogens with zero attached hydrogens (tertiary/aromatic N) is 4. The summed E-state index contributed by atoms with van der Waals surface area (Å²) in [6.07, 6.45) is 0. The van der Waals surface area contributed by atoms with Crippen molar-refractivity contribution in [3.8, 4) is 0 Å². The van der Waals surface area contributed by atoms with Crippen LogP contribution in [0.4, 0.5) is 0 Å². The predicted molar refractivity (Wildman–Crippen MR) is 126 cm³/mol. The maximum atomic E-state index is 9.99. The van der Waals surface area contributed by atoms with Crippen molar-refractivity contribution in [1.82, 2.24) is 19.6 Å². The van der Waals surface area contributed by atoms with Gasteiger partial charge in [0, 0.05) is 78.5 Å². The molecule has 0 unspecified atom stereocenters. The molecular formula is C24H24N4O24Ti3. The zero-order valence-corrected chi connectivity index (χ0v) is 32.3. The Morgan fingerprint density at radius 2 is 0.255 bits per heavy atom.